The van der Waals surface area contributed by atoms with Crippen molar-refractivity contribution in [2.24, 2.45) is 11.8 Å². The fourth-order valence-electron chi connectivity index (χ4n) is 3.89. The van der Waals surface area contributed by atoms with Crippen LogP contribution in [0.4, 0.5) is 0 Å². The van der Waals surface area contributed by atoms with Gasteiger partial charge in [-0.1, -0.05) is 60.7 Å². The van der Waals surface area contributed by atoms with Crippen LogP contribution < -0.4 is 16.0 Å². The minimum Gasteiger partial charge on any atom is -0.372 e. The van der Waals surface area contributed by atoms with E-state index in [-0.39, 0.29) is 0 Å². The lowest BCUT2D eigenvalue weighted by atomic mass is 9.85. The fourth-order valence-corrected chi connectivity index (χ4v) is 3.89. The maximum Gasteiger partial charge on any atom is 0.262 e. The van der Waals surface area contributed by atoms with Crippen LogP contribution in [0, 0.1) is 11.8 Å². The average molecular weight is 337 g/mol. The molecule has 5 heteroatoms. The molecular formula is C20H23N3O2. The number of piperidine rings is 1. The lowest BCUT2D eigenvalue weighted by molar-refractivity contribution is -0.136. The normalized spacial score (nSPS) is 24.6. The van der Waals surface area contributed by atoms with E-state index in [1.165, 1.54) is 0 Å². The van der Waals surface area contributed by atoms with Crippen LogP contribution in [0.5, 0.6) is 0 Å². The van der Waals surface area contributed by atoms with Gasteiger partial charge in [-0.3, -0.25) is 10.1 Å². The number of amides is 1. The molecular weight excluding hydrogens is 314 g/mol. The Bertz CT molecular complexity index is 686. The molecule has 1 saturated heterocycles. The third kappa shape index (κ3) is 2.95. The number of hydrogen-bond donors (Lipinski definition) is 4. The van der Waals surface area contributed by atoms with E-state index in [1.807, 2.05) is 36.4 Å². The van der Waals surface area contributed by atoms with Gasteiger partial charge in [0.05, 0.1) is 6.67 Å². The molecule has 2 aliphatic rings. The summed E-state index contributed by atoms with van der Waals surface area (Å²) in [5.74, 6) is 0.944. The molecule has 25 heavy (non-hydrogen) atoms. The number of hydrogen-bond acceptors (Lipinski definition) is 4. The van der Waals surface area contributed by atoms with Crippen molar-refractivity contribution in [2.45, 2.75) is 11.6 Å². The Balaban J connectivity index is 1.48. The zero-order valence-corrected chi connectivity index (χ0v) is 14.0. The van der Waals surface area contributed by atoms with Crippen molar-refractivity contribution < 1.29 is 9.90 Å². The molecule has 4 N–H and O–H groups in total. The summed E-state index contributed by atoms with van der Waals surface area (Å²) in [4.78, 5) is 12.9. The molecule has 2 fully saturated rings. The van der Waals surface area contributed by atoms with Gasteiger partial charge in [-0.25, -0.2) is 0 Å². The number of carbonyl (C=O) groups excluding carboxylic acids is 1. The number of benzene rings is 2. The number of carbonyl (C=O) groups is 1. The number of nitrogens with one attached hydrogen (secondary N) is 3. The van der Waals surface area contributed by atoms with E-state index in [9.17, 15) is 9.90 Å². The van der Waals surface area contributed by atoms with Gasteiger partial charge in [-0.05, 0) is 36.1 Å². The van der Waals surface area contributed by atoms with E-state index in [1.54, 1.807) is 24.3 Å². The largest absolute Gasteiger partial charge is 0.372 e. The van der Waals surface area contributed by atoms with Gasteiger partial charge in [0.25, 0.3) is 5.91 Å². The minimum absolute atomic E-state index is 0.360. The van der Waals surface area contributed by atoms with Gasteiger partial charge in [0, 0.05) is 6.04 Å². The summed E-state index contributed by atoms with van der Waals surface area (Å²) in [5.41, 5.74) is -0.581. The fraction of sp³-hybridized carbons (Fsp3) is 0.350. The number of fused-ring (bicyclic) bond motifs is 1. The van der Waals surface area contributed by atoms with Crippen LogP contribution in [0.15, 0.2) is 60.7 Å². The molecule has 130 valence electrons. The molecule has 4 rings (SSSR count). The van der Waals surface area contributed by atoms with Crippen molar-refractivity contribution in [3.05, 3.63) is 71.8 Å². The zero-order chi connectivity index (χ0) is 17.3. The Morgan fingerprint density at radius 2 is 1.52 bits per heavy atom. The molecule has 0 aromatic heterocycles. The van der Waals surface area contributed by atoms with Crippen LogP contribution in [0.2, 0.25) is 0 Å². The minimum atomic E-state index is -1.70. The first-order valence-electron chi connectivity index (χ1n) is 8.77. The highest BCUT2D eigenvalue weighted by Gasteiger charge is 2.52. The molecule has 0 bridgehead atoms. The molecule has 2 aromatic rings. The van der Waals surface area contributed by atoms with Gasteiger partial charge in [0.15, 0.2) is 5.60 Å². The molecule has 1 heterocycles. The Morgan fingerprint density at radius 1 is 1.00 bits per heavy atom. The summed E-state index contributed by atoms with van der Waals surface area (Å²) >= 11 is 0. The van der Waals surface area contributed by atoms with Crippen LogP contribution in [0.1, 0.15) is 11.1 Å². The topological polar surface area (TPSA) is 73.4 Å². The van der Waals surface area contributed by atoms with Crippen LogP contribution in [0.25, 0.3) is 0 Å². The van der Waals surface area contributed by atoms with E-state index < -0.39 is 11.5 Å². The predicted molar refractivity (Wildman–Crippen MR) is 95.7 cm³/mol. The summed E-state index contributed by atoms with van der Waals surface area (Å²) < 4.78 is 0. The zero-order valence-electron chi connectivity index (χ0n) is 14.0. The first-order valence-corrected chi connectivity index (χ1v) is 8.77. The molecule has 5 nitrogen and oxygen atoms in total. The number of rotatable bonds is 6. The summed E-state index contributed by atoms with van der Waals surface area (Å²) in [5, 5.41) is 20.9. The summed E-state index contributed by atoms with van der Waals surface area (Å²) in [7, 11) is 0. The molecule has 0 radical (unpaired) electrons. The van der Waals surface area contributed by atoms with E-state index in [4.69, 9.17) is 0 Å². The van der Waals surface area contributed by atoms with Crippen molar-refractivity contribution in [3.8, 4) is 0 Å². The molecule has 2 atom stereocenters. The highest BCUT2D eigenvalue weighted by atomic mass is 16.3. The van der Waals surface area contributed by atoms with Gasteiger partial charge in [0.1, 0.15) is 0 Å². The van der Waals surface area contributed by atoms with E-state index >= 15 is 0 Å². The third-order valence-corrected chi connectivity index (χ3v) is 5.39. The SMILES string of the molecule is O=C(NCNC1C2CNCC21)C(O)(c1ccccc1)c1ccccc1. The third-order valence-electron chi connectivity index (χ3n) is 5.39. The van der Waals surface area contributed by atoms with Crippen molar-refractivity contribution in [1.82, 2.24) is 16.0 Å². The molecule has 2 aromatic carbocycles. The molecule has 1 aliphatic heterocycles. The molecule has 1 saturated carbocycles. The summed E-state index contributed by atoms with van der Waals surface area (Å²) in [6.07, 6.45) is 0. The molecule has 1 amide bonds. The molecule has 0 spiro atoms. The van der Waals surface area contributed by atoms with E-state index in [0.29, 0.717) is 35.7 Å². The van der Waals surface area contributed by atoms with E-state index in [2.05, 4.69) is 16.0 Å². The van der Waals surface area contributed by atoms with Crippen LogP contribution >= 0.6 is 0 Å². The Morgan fingerprint density at radius 3 is 2.04 bits per heavy atom. The van der Waals surface area contributed by atoms with Gasteiger partial charge >= 0.3 is 0 Å². The van der Waals surface area contributed by atoms with Gasteiger partial charge in [-0.2, -0.15) is 0 Å². The van der Waals surface area contributed by atoms with Crippen LogP contribution in [-0.2, 0) is 10.4 Å². The van der Waals surface area contributed by atoms with E-state index in [0.717, 1.165) is 13.1 Å². The second-order valence-electron chi connectivity index (χ2n) is 6.84. The average Bonchev–Trinajstić information content (AvgIpc) is 3.09. The van der Waals surface area contributed by atoms with Gasteiger partial charge in [0.2, 0.25) is 0 Å². The smallest absolute Gasteiger partial charge is 0.262 e. The Hall–Kier alpha value is -2.21. The monoisotopic (exact) mass is 337 g/mol. The van der Waals surface area contributed by atoms with Crippen molar-refractivity contribution in [1.29, 1.82) is 0 Å². The maximum absolute atomic E-state index is 12.9. The Labute approximate surface area is 147 Å². The lowest BCUT2D eigenvalue weighted by Crippen LogP contribution is -2.48. The lowest BCUT2D eigenvalue weighted by Gasteiger charge is -2.28. The maximum atomic E-state index is 12.9. The van der Waals surface area contributed by atoms with Crippen molar-refractivity contribution in [3.63, 3.8) is 0 Å². The summed E-state index contributed by atoms with van der Waals surface area (Å²) in [6, 6.07) is 18.6. The van der Waals surface area contributed by atoms with Crippen molar-refractivity contribution >= 4 is 5.91 Å². The van der Waals surface area contributed by atoms with Gasteiger partial charge in [-0.15, -0.1) is 0 Å². The quantitative estimate of drug-likeness (QED) is 0.589. The highest BCUT2D eigenvalue weighted by Crippen LogP contribution is 2.41. The van der Waals surface area contributed by atoms with Gasteiger partial charge < -0.3 is 15.7 Å². The second-order valence-corrected chi connectivity index (χ2v) is 6.84. The molecule has 2 unspecified atom stereocenters. The number of aliphatic hydroxyl groups is 1. The standard InChI is InChI=1S/C20H23N3O2/c24-19(23-13-22-18-16-11-21-12-17(16)18)20(25,14-7-3-1-4-8-14)15-9-5-2-6-10-15/h1-10,16-18,21-22,25H,11-13H2,(H,23,24). The first-order chi connectivity index (χ1) is 12.2. The van der Waals surface area contributed by atoms with Crippen LogP contribution in [0.3, 0.4) is 0 Å². The van der Waals surface area contributed by atoms with Crippen LogP contribution in [-0.4, -0.2) is 36.8 Å². The highest BCUT2D eigenvalue weighted by molar-refractivity contribution is 5.90. The first kappa shape index (κ1) is 16.3. The second kappa shape index (κ2) is 6.59. The van der Waals surface area contributed by atoms with Crippen molar-refractivity contribution in [2.75, 3.05) is 19.8 Å². The predicted octanol–water partition coefficient (Wildman–Crippen LogP) is 0.804. The Kier molecular flexibility index (Phi) is 4.29. The summed E-state index contributed by atoms with van der Waals surface area (Å²) in [6.45, 7) is 2.46. The molecule has 1 aliphatic carbocycles.